The van der Waals surface area contributed by atoms with Crippen molar-refractivity contribution in [3.05, 3.63) is 59.6 Å². The fourth-order valence-corrected chi connectivity index (χ4v) is 5.27. The largest absolute Gasteiger partial charge is 0.369 e. The lowest BCUT2D eigenvalue weighted by Gasteiger charge is -2.16. The minimum absolute atomic E-state index is 0.0995. The average Bonchev–Trinajstić information content (AvgIpc) is 3.37. The van der Waals surface area contributed by atoms with Crippen LogP contribution in [0.4, 0.5) is 10.7 Å². The number of nitrogens with zero attached hydrogens (tertiary/aromatic N) is 2. The molecular weight excluding hydrogens is 468 g/mol. The highest BCUT2D eigenvalue weighted by Crippen LogP contribution is 2.38. The maximum absolute atomic E-state index is 13.0. The molecule has 10 heteroatoms. The quantitative estimate of drug-likeness (QED) is 0.490. The van der Waals surface area contributed by atoms with Crippen LogP contribution in [0.2, 0.25) is 5.02 Å². The van der Waals surface area contributed by atoms with Gasteiger partial charge in [-0.3, -0.25) is 14.4 Å². The van der Waals surface area contributed by atoms with Gasteiger partial charge in [0.2, 0.25) is 17.7 Å². The van der Waals surface area contributed by atoms with Crippen LogP contribution >= 0.6 is 34.7 Å². The maximum Gasteiger partial charge on any atom is 0.230 e. The van der Waals surface area contributed by atoms with Crippen molar-refractivity contribution < 1.29 is 14.4 Å². The maximum atomic E-state index is 13.0. The molecule has 1 unspecified atom stereocenters. The van der Waals surface area contributed by atoms with Gasteiger partial charge in [0.1, 0.15) is 10.7 Å². The first kappa shape index (κ1) is 22.3. The summed E-state index contributed by atoms with van der Waals surface area (Å²) >= 11 is 8.44. The van der Waals surface area contributed by atoms with E-state index < -0.39 is 11.8 Å². The zero-order valence-corrected chi connectivity index (χ0v) is 19.2. The second-order valence-electron chi connectivity index (χ2n) is 7.15. The van der Waals surface area contributed by atoms with Crippen LogP contribution in [0.1, 0.15) is 6.42 Å². The molecule has 7 nitrogen and oxygen atoms in total. The number of hydrogen-bond acceptors (Lipinski definition) is 6. The number of carbonyl (C=O) groups is 3. The Kier molecular flexibility index (Phi) is 6.78. The molecule has 0 aliphatic carbocycles. The van der Waals surface area contributed by atoms with E-state index in [4.69, 9.17) is 17.3 Å². The lowest BCUT2D eigenvalue weighted by molar-refractivity contribution is -0.122. The van der Waals surface area contributed by atoms with Crippen LogP contribution < -0.4 is 16.0 Å². The Morgan fingerprint density at radius 2 is 1.91 bits per heavy atom. The van der Waals surface area contributed by atoms with E-state index in [1.54, 1.807) is 29.2 Å². The van der Waals surface area contributed by atoms with Gasteiger partial charge in [0.05, 0.1) is 11.7 Å². The van der Waals surface area contributed by atoms with Gasteiger partial charge in [-0.25, -0.2) is 4.98 Å². The van der Waals surface area contributed by atoms with E-state index >= 15 is 0 Å². The number of nitrogens with one attached hydrogen (secondary N) is 1. The Morgan fingerprint density at radius 1 is 1.19 bits per heavy atom. The number of anilines is 2. The minimum Gasteiger partial charge on any atom is -0.369 e. The number of aromatic nitrogens is 1. The number of carbonyl (C=O) groups excluding carboxylic acids is 3. The molecule has 3 aromatic rings. The monoisotopic (exact) mass is 486 g/mol. The molecule has 0 spiro atoms. The van der Waals surface area contributed by atoms with Gasteiger partial charge in [0, 0.05) is 29.2 Å². The van der Waals surface area contributed by atoms with Crippen molar-refractivity contribution in [1.82, 2.24) is 4.98 Å². The number of nitrogens with two attached hydrogens (primary N) is 1. The predicted octanol–water partition coefficient (Wildman–Crippen LogP) is 4.03. The van der Waals surface area contributed by atoms with Crippen molar-refractivity contribution >= 4 is 63.1 Å². The number of thiazole rings is 1. The highest BCUT2D eigenvalue weighted by molar-refractivity contribution is 8.01. The molecule has 1 aliphatic heterocycles. The van der Waals surface area contributed by atoms with Gasteiger partial charge in [0.15, 0.2) is 4.34 Å². The second kappa shape index (κ2) is 9.72. The number of hydrogen-bond donors (Lipinski definition) is 2. The molecule has 3 amide bonds. The predicted molar refractivity (Wildman–Crippen MR) is 128 cm³/mol. The molecule has 1 aliphatic rings. The topological polar surface area (TPSA) is 105 Å². The molecule has 164 valence electrons. The third-order valence-electron chi connectivity index (χ3n) is 4.86. The van der Waals surface area contributed by atoms with Crippen LogP contribution in [0.25, 0.3) is 11.3 Å². The van der Waals surface area contributed by atoms with Crippen molar-refractivity contribution in [2.75, 3.05) is 22.5 Å². The number of benzene rings is 2. The SMILES string of the molecule is NC(=O)CSc1nc(-c2ccccc2)c(NC(=O)C2CC(=O)N(c3ccc(Cl)cc3)C2)s1. The first-order valence-electron chi connectivity index (χ1n) is 9.75. The van der Waals surface area contributed by atoms with Gasteiger partial charge < -0.3 is 16.0 Å². The van der Waals surface area contributed by atoms with Gasteiger partial charge in [-0.1, -0.05) is 65.0 Å². The van der Waals surface area contributed by atoms with E-state index in [9.17, 15) is 14.4 Å². The summed E-state index contributed by atoms with van der Waals surface area (Å²) in [6.45, 7) is 0.287. The van der Waals surface area contributed by atoms with E-state index in [1.165, 1.54) is 23.1 Å². The van der Waals surface area contributed by atoms with Gasteiger partial charge in [0.25, 0.3) is 0 Å². The van der Waals surface area contributed by atoms with E-state index in [1.807, 2.05) is 30.3 Å². The molecule has 3 N–H and O–H groups in total. The molecule has 1 saturated heterocycles. The summed E-state index contributed by atoms with van der Waals surface area (Å²) in [5.74, 6) is -1.20. The molecule has 0 saturated carbocycles. The van der Waals surface area contributed by atoms with Crippen LogP contribution in [0, 0.1) is 5.92 Å². The van der Waals surface area contributed by atoms with E-state index in [-0.39, 0.29) is 30.5 Å². The van der Waals surface area contributed by atoms with Crippen molar-refractivity contribution in [2.24, 2.45) is 11.7 Å². The second-order valence-corrected chi connectivity index (χ2v) is 9.81. The number of amides is 3. The number of halogens is 1. The summed E-state index contributed by atoms with van der Waals surface area (Å²) in [6.07, 6.45) is 0.122. The van der Waals surface area contributed by atoms with E-state index in [0.717, 1.165) is 5.56 Å². The Morgan fingerprint density at radius 3 is 2.59 bits per heavy atom. The van der Waals surface area contributed by atoms with E-state index in [2.05, 4.69) is 10.3 Å². The van der Waals surface area contributed by atoms with E-state index in [0.29, 0.717) is 25.7 Å². The highest BCUT2D eigenvalue weighted by atomic mass is 35.5. The molecule has 2 aromatic carbocycles. The molecular formula is C22H19ClN4O3S2. The lowest BCUT2D eigenvalue weighted by Crippen LogP contribution is -2.28. The average molecular weight is 487 g/mol. The Labute approximate surface area is 198 Å². The highest BCUT2D eigenvalue weighted by Gasteiger charge is 2.35. The van der Waals surface area contributed by atoms with Crippen LogP contribution in [0.15, 0.2) is 58.9 Å². The van der Waals surface area contributed by atoms with Crippen molar-refractivity contribution in [2.45, 2.75) is 10.8 Å². The molecule has 2 heterocycles. The summed E-state index contributed by atoms with van der Waals surface area (Å²) in [6, 6.07) is 16.4. The zero-order chi connectivity index (χ0) is 22.7. The fourth-order valence-electron chi connectivity index (χ4n) is 3.34. The van der Waals surface area contributed by atoms with Crippen LogP contribution in [-0.4, -0.2) is 35.0 Å². The summed E-state index contributed by atoms with van der Waals surface area (Å²) < 4.78 is 0.628. The molecule has 4 rings (SSSR count). The first-order valence-corrected chi connectivity index (χ1v) is 11.9. The van der Waals surface area contributed by atoms with Gasteiger partial charge >= 0.3 is 0 Å². The molecule has 1 aromatic heterocycles. The summed E-state index contributed by atoms with van der Waals surface area (Å²) in [5, 5.41) is 4.10. The fraction of sp³-hybridized carbons (Fsp3) is 0.182. The molecule has 32 heavy (non-hydrogen) atoms. The Balaban J connectivity index is 1.52. The number of rotatable bonds is 7. The van der Waals surface area contributed by atoms with Gasteiger partial charge in [-0.15, -0.1) is 0 Å². The summed E-state index contributed by atoms with van der Waals surface area (Å²) in [4.78, 5) is 42.9. The van der Waals surface area contributed by atoms with Gasteiger partial charge in [-0.05, 0) is 24.3 Å². The smallest absolute Gasteiger partial charge is 0.230 e. The normalized spacial score (nSPS) is 15.7. The molecule has 0 radical (unpaired) electrons. The third kappa shape index (κ3) is 5.12. The van der Waals surface area contributed by atoms with Crippen molar-refractivity contribution in [3.63, 3.8) is 0 Å². The Bertz CT molecular complexity index is 1150. The van der Waals surface area contributed by atoms with Crippen LogP contribution in [0.3, 0.4) is 0 Å². The summed E-state index contributed by atoms with van der Waals surface area (Å²) in [7, 11) is 0. The first-order chi connectivity index (χ1) is 15.4. The molecule has 0 bridgehead atoms. The third-order valence-corrected chi connectivity index (χ3v) is 7.25. The van der Waals surface area contributed by atoms with Crippen LogP contribution in [0.5, 0.6) is 0 Å². The standard InChI is InChI=1S/C22H19ClN4O3S2/c23-15-6-8-16(9-7-15)27-11-14(10-18(27)29)20(30)26-21-19(13-4-2-1-3-5-13)25-22(32-21)31-12-17(24)28/h1-9,14H,10-12H2,(H2,24,28)(H,26,30). The number of thioether (sulfide) groups is 1. The van der Waals surface area contributed by atoms with Crippen LogP contribution in [-0.2, 0) is 14.4 Å². The lowest BCUT2D eigenvalue weighted by atomic mass is 10.1. The van der Waals surface area contributed by atoms with Crippen molar-refractivity contribution in [1.29, 1.82) is 0 Å². The minimum atomic E-state index is -0.495. The Hall–Kier alpha value is -2.88. The summed E-state index contributed by atoms with van der Waals surface area (Å²) in [5.41, 5.74) is 7.42. The molecule has 1 atom stereocenters. The number of primary amides is 1. The van der Waals surface area contributed by atoms with Gasteiger partial charge in [-0.2, -0.15) is 0 Å². The van der Waals surface area contributed by atoms with Crippen molar-refractivity contribution in [3.8, 4) is 11.3 Å². The molecule has 1 fully saturated rings. The zero-order valence-electron chi connectivity index (χ0n) is 16.8.